The van der Waals surface area contributed by atoms with Gasteiger partial charge in [0.15, 0.2) is 17.3 Å². The third-order valence-corrected chi connectivity index (χ3v) is 9.16. The highest BCUT2D eigenvalue weighted by atomic mass is 19.4. The van der Waals surface area contributed by atoms with Gasteiger partial charge in [-0.25, -0.2) is 4.98 Å². The van der Waals surface area contributed by atoms with Crippen molar-refractivity contribution >= 4 is 40.3 Å². The van der Waals surface area contributed by atoms with Crippen LogP contribution in [0.15, 0.2) is 47.4 Å². The van der Waals surface area contributed by atoms with Gasteiger partial charge in [0.05, 0.1) is 16.9 Å². The van der Waals surface area contributed by atoms with Crippen molar-refractivity contribution in [1.29, 1.82) is 0 Å². The lowest BCUT2D eigenvalue weighted by atomic mass is 10.0. The van der Waals surface area contributed by atoms with Crippen LogP contribution in [0.1, 0.15) is 83.9 Å². The number of piperazine rings is 1. The Kier molecular flexibility index (Phi) is 9.94. The number of carbonyl (C=O) groups is 3. The number of halogens is 3. The molecule has 1 aromatic carbocycles. The van der Waals surface area contributed by atoms with Crippen LogP contribution in [-0.2, 0) is 23.9 Å². The fourth-order valence-electron chi connectivity index (χ4n) is 6.58. The van der Waals surface area contributed by atoms with Gasteiger partial charge in [0, 0.05) is 37.9 Å². The van der Waals surface area contributed by atoms with Crippen molar-refractivity contribution in [2.24, 2.45) is 0 Å². The number of Topliss-reactive ketones (excluding diaryl/α,β-unsaturated/α-hetero) is 1. The molecule has 2 amide bonds. The van der Waals surface area contributed by atoms with Crippen LogP contribution >= 0.6 is 0 Å². The molecule has 4 heterocycles. The standard InChI is InChI=1S/C35H37F3N8O5/c1-3-26-30(43-15-17-44(18-16-43)32(50)29-27(48)11-8-14-39-29)33(51)46-34(41-31(42-46)22-9-6-4-5-7-10-22)45(26)20-28(49)40-25-13-12-23(35(36,37)38)19-24(25)21(2)47/h8-9,11-14,19,48H,3-7,10,15-18,20H2,1-2H3,(H,40,49). The minimum atomic E-state index is -4.68. The van der Waals surface area contributed by atoms with Crippen LogP contribution in [-0.4, -0.2) is 77.9 Å². The summed E-state index contributed by atoms with van der Waals surface area (Å²) in [5, 5.41) is 17.4. The van der Waals surface area contributed by atoms with Crippen molar-refractivity contribution in [3.8, 4) is 5.75 Å². The first-order chi connectivity index (χ1) is 24.4. The number of anilines is 2. The molecule has 2 aliphatic rings. The highest BCUT2D eigenvalue weighted by molar-refractivity contribution is 6.04. The zero-order valence-electron chi connectivity index (χ0n) is 28.2. The molecule has 1 fully saturated rings. The van der Waals surface area contributed by atoms with E-state index in [4.69, 9.17) is 4.98 Å². The van der Waals surface area contributed by atoms with Crippen molar-refractivity contribution in [2.45, 2.75) is 65.1 Å². The molecule has 2 N–H and O–H groups in total. The molecule has 0 bridgehead atoms. The third-order valence-electron chi connectivity index (χ3n) is 9.16. The molecule has 0 unspecified atom stereocenters. The molecular formula is C35H37F3N8O5. The van der Waals surface area contributed by atoms with Crippen LogP contribution < -0.4 is 15.8 Å². The molecule has 1 saturated heterocycles. The first kappa shape index (κ1) is 35.3. The summed E-state index contributed by atoms with van der Waals surface area (Å²) in [6.07, 6.45) is 3.66. The molecular weight excluding hydrogens is 669 g/mol. The minimum Gasteiger partial charge on any atom is -0.505 e. The van der Waals surface area contributed by atoms with E-state index in [9.17, 15) is 37.5 Å². The highest BCUT2D eigenvalue weighted by Crippen LogP contribution is 2.32. The molecule has 4 aromatic rings. The van der Waals surface area contributed by atoms with Crippen molar-refractivity contribution in [1.82, 2.24) is 29.0 Å². The Hall–Kier alpha value is -5.54. The summed E-state index contributed by atoms with van der Waals surface area (Å²) < 4.78 is 42.9. The number of fused-ring (bicyclic) bond motifs is 1. The number of carbonyl (C=O) groups excluding carboxylic acids is 3. The number of amides is 2. The van der Waals surface area contributed by atoms with Gasteiger partial charge in [-0.05, 0) is 74.9 Å². The Morgan fingerprint density at radius 1 is 1.04 bits per heavy atom. The Balaban J connectivity index is 1.37. The van der Waals surface area contributed by atoms with Crippen LogP contribution in [0, 0.1) is 0 Å². The van der Waals surface area contributed by atoms with Gasteiger partial charge in [-0.2, -0.15) is 22.7 Å². The number of nitrogens with zero attached hydrogens (tertiary/aromatic N) is 7. The largest absolute Gasteiger partial charge is 0.505 e. The van der Waals surface area contributed by atoms with Gasteiger partial charge in [-0.3, -0.25) is 19.2 Å². The number of alkyl halides is 3. The molecule has 1 aliphatic carbocycles. The van der Waals surface area contributed by atoms with E-state index in [1.165, 1.54) is 27.7 Å². The maximum absolute atomic E-state index is 14.2. The smallest absolute Gasteiger partial charge is 0.416 e. The van der Waals surface area contributed by atoms with Crippen LogP contribution in [0.25, 0.3) is 11.4 Å². The average Bonchev–Trinajstić information content (AvgIpc) is 3.37. The molecule has 0 spiro atoms. The van der Waals surface area contributed by atoms with E-state index in [0.717, 1.165) is 56.7 Å². The number of rotatable bonds is 8. The van der Waals surface area contributed by atoms with Gasteiger partial charge < -0.3 is 24.8 Å². The normalized spacial score (nSPS) is 15.4. The SMILES string of the molecule is CCc1c(N2CCN(C(=O)c3ncccc3O)CC2)c(=O)n2nc(C3=CCCCCC3)nc2n1CC(=O)Nc1ccc(C(F)(F)F)cc1C(C)=O. The van der Waals surface area contributed by atoms with E-state index in [1.807, 2.05) is 11.8 Å². The van der Waals surface area contributed by atoms with E-state index in [-0.39, 0.29) is 60.3 Å². The van der Waals surface area contributed by atoms with E-state index in [2.05, 4.69) is 21.5 Å². The number of aromatic nitrogens is 5. The molecule has 0 radical (unpaired) electrons. The van der Waals surface area contributed by atoms with E-state index in [1.54, 1.807) is 4.57 Å². The van der Waals surface area contributed by atoms with E-state index < -0.39 is 41.4 Å². The summed E-state index contributed by atoms with van der Waals surface area (Å²) in [6.45, 7) is 3.47. The summed E-state index contributed by atoms with van der Waals surface area (Å²) in [4.78, 5) is 65.5. The van der Waals surface area contributed by atoms with Crippen LogP contribution in [0.5, 0.6) is 5.75 Å². The number of allylic oxidation sites excluding steroid dienone is 2. The van der Waals surface area contributed by atoms with Gasteiger partial charge in [0.25, 0.3) is 11.5 Å². The van der Waals surface area contributed by atoms with Crippen molar-refractivity contribution in [3.63, 3.8) is 0 Å². The molecule has 13 nitrogen and oxygen atoms in total. The van der Waals surface area contributed by atoms with Crippen LogP contribution in [0.3, 0.4) is 0 Å². The van der Waals surface area contributed by atoms with Gasteiger partial charge in [0.2, 0.25) is 11.7 Å². The maximum atomic E-state index is 14.2. The van der Waals surface area contributed by atoms with E-state index >= 15 is 0 Å². The minimum absolute atomic E-state index is 0.0704. The first-order valence-corrected chi connectivity index (χ1v) is 16.8. The van der Waals surface area contributed by atoms with Gasteiger partial charge in [-0.15, -0.1) is 5.10 Å². The zero-order chi connectivity index (χ0) is 36.4. The van der Waals surface area contributed by atoms with Crippen molar-refractivity contribution in [2.75, 3.05) is 36.4 Å². The quantitative estimate of drug-likeness (QED) is 0.248. The number of hydrogen-bond donors (Lipinski definition) is 2. The molecule has 16 heteroatoms. The summed E-state index contributed by atoms with van der Waals surface area (Å²) in [5.41, 5.74) is -0.277. The molecule has 6 rings (SSSR count). The van der Waals surface area contributed by atoms with Gasteiger partial charge >= 0.3 is 6.18 Å². The van der Waals surface area contributed by atoms with Crippen LogP contribution in [0.4, 0.5) is 24.5 Å². The number of benzene rings is 1. The molecule has 3 aromatic heterocycles. The Labute approximate surface area is 290 Å². The van der Waals surface area contributed by atoms with E-state index in [0.29, 0.717) is 24.0 Å². The molecule has 268 valence electrons. The van der Waals surface area contributed by atoms with Crippen molar-refractivity contribution < 1.29 is 32.7 Å². The number of aromatic hydroxyl groups is 1. The molecule has 51 heavy (non-hydrogen) atoms. The van der Waals surface area contributed by atoms with Gasteiger partial charge in [-0.1, -0.05) is 19.4 Å². The molecule has 1 aliphatic heterocycles. The first-order valence-electron chi connectivity index (χ1n) is 16.8. The molecule has 0 atom stereocenters. The lowest BCUT2D eigenvalue weighted by molar-refractivity contribution is -0.137. The lowest BCUT2D eigenvalue weighted by Crippen LogP contribution is -2.51. The number of hydrogen-bond acceptors (Lipinski definition) is 9. The topological polar surface area (TPSA) is 155 Å². The fraction of sp³-hybridized carbons (Fsp3) is 0.400. The highest BCUT2D eigenvalue weighted by Gasteiger charge is 2.33. The predicted octanol–water partition coefficient (Wildman–Crippen LogP) is 4.72. The van der Waals surface area contributed by atoms with Crippen molar-refractivity contribution in [3.05, 3.63) is 81.3 Å². The van der Waals surface area contributed by atoms with Gasteiger partial charge in [0.1, 0.15) is 18.0 Å². The molecule has 0 saturated carbocycles. The number of pyridine rings is 1. The zero-order valence-corrected chi connectivity index (χ0v) is 28.2. The Morgan fingerprint density at radius 2 is 1.80 bits per heavy atom. The summed E-state index contributed by atoms with van der Waals surface area (Å²) in [6, 6.07) is 5.44. The summed E-state index contributed by atoms with van der Waals surface area (Å²) in [7, 11) is 0. The third kappa shape index (κ3) is 7.21. The number of ketones is 1. The lowest BCUT2D eigenvalue weighted by Gasteiger charge is -2.36. The summed E-state index contributed by atoms with van der Waals surface area (Å²) in [5.74, 6) is -1.51. The average molecular weight is 707 g/mol. The second-order valence-corrected chi connectivity index (χ2v) is 12.5. The predicted molar refractivity (Wildman–Crippen MR) is 182 cm³/mol. The number of nitrogens with one attached hydrogen (secondary N) is 1. The maximum Gasteiger partial charge on any atom is 0.416 e. The second-order valence-electron chi connectivity index (χ2n) is 12.5. The second kappa shape index (κ2) is 14.4. The van der Waals surface area contributed by atoms with Crippen LogP contribution in [0.2, 0.25) is 0 Å². The Bertz CT molecular complexity index is 2100. The summed E-state index contributed by atoms with van der Waals surface area (Å²) >= 11 is 0. The monoisotopic (exact) mass is 706 g/mol. The fourth-order valence-corrected chi connectivity index (χ4v) is 6.58. The Morgan fingerprint density at radius 3 is 2.49 bits per heavy atom.